The van der Waals surface area contributed by atoms with E-state index in [2.05, 4.69) is 11.9 Å². The highest BCUT2D eigenvalue weighted by atomic mass is 35.5. The number of piperidine rings is 1. The van der Waals surface area contributed by atoms with Crippen LogP contribution in [0.25, 0.3) is 0 Å². The molecule has 8 heteroatoms. The summed E-state index contributed by atoms with van der Waals surface area (Å²) in [5, 5.41) is 10.8. The SMILES string of the molecule is C[C@@H]1CCN(C(=O)c2ccc([N+](=O)[O-])c(Cl)c2)C[C@H]1n1ccnc1. The second-order valence-corrected chi connectivity index (χ2v) is 6.42. The van der Waals surface area contributed by atoms with E-state index < -0.39 is 4.92 Å². The fourth-order valence-corrected chi connectivity index (χ4v) is 3.31. The highest BCUT2D eigenvalue weighted by molar-refractivity contribution is 6.33. The van der Waals surface area contributed by atoms with Crippen LogP contribution >= 0.6 is 11.6 Å². The number of nitro groups is 1. The molecule has 126 valence electrons. The van der Waals surface area contributed by atoms with Gasteiger partial charge in [0.25, 0.3) is 11.6 Å². The highest BCUT2D eigenvalue weighted by Gasteiger charge is 2.30. The Morgan fingerprint density at radius 1 is 1.46 bits per heavy atom. The van der Waals surface area contributed by atoms with E-state index in [0.717, 1.165) is 6.42 Å². The van der Waals surface area contributed by atoms with Gasteiger partial charge in [0.15, 0.2) is 0 Å². The summed E-state index contributed by atoms with van der Waals surface area (Å²) in [6, 6.07) is 4.26. The molecular weight excluding hydrogens is 332 g/mol. The highest BCUT2D eigenvalue weighted by Crippen LogP contribution is 2.30. The Bertz CT molecular complexity index is 763. The Kier molecular flexibility index (Phi) is 4.53. The fraction of sp³-hybridized carbons (Fsp3) is 0.375. The smallest absolute Gasteiger partial charge is 0.287 e. The molecule has 24 heavy (non-hydrogen) atoms. The maximum absolute atomic E-state index is 12.7. The molecule has 1 saturated heterocycles. The summed E-state index contributed by atoms with van der Waals surface area (Å²) in [5.41, 5.74) is 0.168. The van der Waals surface area contributed by atoms with E-state index >= 15 is 0 Å². The van der Waals surface area contributed by atoms with Crippen LogP contribution in [0.5, 0.6) is 0 Å². The van der Waals surface area contributed by atoms with Crippen molar-refractivity contribution < 1.29 is 9.72 Å². The minimum Gasteiger partial charge on any atom is -0.337 e. The first kappa shape index (κ1) is 16.4. The molecule has 0 saturated carbocycles. The molecule has 1 aliphatic heterocycles. The molecule has 0 unspecified atom stereocenters. The van der Waals surface area contributed by atoms with Gasteiger partial charge < -0.3 is 9.47 Å². The molecule has 1 fully saturated rings. The average Bonchev–Trinajstić information content (AvgIpc) is 3.08. The minimum atomic E-state index is -0.561. The Hall–Kier alpha value is -2.41. The van der Waals surface area contributed by atoms with Gasteiger partial charge in [-0.1, -0.05) is 18.5 Å². The van der Waals surface area contributed by atoms with Crippen LogP contribution in [0, 0.1) is 16.0 Å². The number of likely N-dealkylation sites (tertiary alicyclic amines) is 1. The van der Waals surface area contributed by atoms with Crippen LogP contribution in [0.15, 0.2) is 36.9 Å². The van der Waals surface area contributed by atoms with Gasteiger partial charge in [-0.3, -0.25) is 14.9 Å². The molecule has 0 bridgehead atoms. The lowest BCUT2D eigenvalue weighted by atomic mass is 9.93. The van der Waals surface area contributed by atoms with Crippen molar-refractivity contribution in [2.45, 2.75) is 19.4 Å². The number of carbonyl (C=O) groups excluding carboxylic acids is 1. The van der Waals surface area contributed by atoms with Gasteiger partial charge in [-0.15, -0.1) is 0 Å². The number of imidazole rings is 1. The predicted octanol–water partition coefficient (Wildman–Crippen LogP) is 3.17. The van der Waals surface area contributed by atoms with Crippen molar-refractivity contribution in [1.29, 1.82) is 0 Å². The van der Waals surface area contributed by atoms with Gasteiger partial charge in [-0.05, 0) is 24.5 Å². The molecular formula is C16H17ClN4O3. The molecule has 1 amide bonds. The fourth-order valence-electron chi connectivity index (χ4n) is 3.06. The predicted molar refractivity (Wildman–Crippen MR) is 89.1 cm³/mol. The van der Waals surface area contributed by atoms with Crippen molar-refractivity contribution in [3.8, 4) is 0 Å². The number of amides is 1. The second-order valence-electron chi connectivity index (χ2n) is 6.02. The van der Waals surface area contributed by atoms with Crippen LogP contribution in [0.2, 0.25) is 5.02 Å². The van der Waals surface area contributed by atoms with E-state index in [-0.39, 0.29) is 22.7 Å². The van der Waals surface area contributed by atoms with Crippen molar-refractivity contribution >= 4 is 23.2 Å². The standard InChI is InChI=1S/C16H17ClN4O3/c1-11-4-6-19(9-15(11)20-7-5-18-10-20)16(22)12-2-3-14(21(23)24)13(17)8-12/h2-3,5,7-8,10-11,15H,4,6,9H2,1H3/t11-,15-/m1/s1. The first-order chi connectivity index (χ1) is 11.5. The van der Waals surface area contributed by atoms with Gasteiger partial charge in [0, 0.05) is 37.1 Å². The number of aromatic nitrogens is 2. The quantitative estimate of drug-likeness (QED) is 0.630. The van der Waals surface area contributed by atoms with Gasteiger partial charge in [0.05, 0.1) is 17.3 Å². The Balaban J connectivity index is 1.80. The average molecular weight is 349 g/mol. The molecule has 2 aromatic rings. The first-order valence-corrected chi connectivity index (χ1v) is 8.06. The van der Waals surface area contributed by atoms with Gasteiger partial charge >= 0.3 is 0 Å². The van der Waals surface area contributed by atoms with Crippen LogP contribution in [-0.2, 0) is 0 Å². The summed E-state index contributed by atoms with van der Waals surface area (Å²) in [7, 11) is 0. The molecule has 1 aliphatic rings. The van der Waals surface area contributed by atoms with Crippen molar-refractivity contribution in [3.05, 3.63) is 57.6 Å². The van der Waals surface area contributed by atoms with E-state index in [1.165, 1.54) is 18.2 Å². The first-order valence-electron chi connectivity index (χ1n) is 7.68. The van der Waals surface area contributed by atoms with Crippen molar-refractivity contribution in [3.63, 3.8) is 0 Å². The molecule has 1 aromatic heterocycles. The van der Waals surface area contributed by atoms with E-state index in [4.69, 9.17) is 11.6 Å². The summed E-state index contributed by atoms with van der Waals surface area (Å²) in [5.74, 6) is 0.271. The largest absolute Gasteiger partial charge is 0.337 e. The molecule has 2 heterocycles. The van der Waals surface area contributed by atoms with Crippen LogP contribution < -0.4 is 0 Å². The van der Waals surface area contributed by atoms with E-state index in [0.29, 0.717) is 24.6 Å². The van der Waals surface area contributed by atoms with Gasteiger partial charge in [0.2, 0.25) is 0 Å². The summed E-state index contributed by atoms with van der Waals surface area (Å²) >= 11 is 5.92. The van der Waals surface area contributed by atoms with Crippen LogP contribution in [-0.4, -0.2) is 38.4 Å². The van der Waals surface area contributed by atoms with E-state index in [1.807, 2.05) is 10.8 Å². The maximum Gasteiger partial charge on any atom is 0.287 e. The van der Waals surface area contributed by atoms with Crippen molar-refractivity contribution in [2.75, 3.05) is 13.1 Å². The Morgan fingerprint density at radius 3 is 2.88 bits per heavy atom. The van der Waals surface area contributed by atoms with Crippen LogP contribution in [0.3, 0.4) is 0 Å². The van der Waals surface area contributed by atoms with Gasteiger partial charge in [-0.25, -0.2) is 4.98 Å². The summed E-state index contributed by atoms with van der Waals surface area (Å²) in [6.45, 7) is 3.39. The lowest BCUT2D eigenvalue weighted by molar-refractivity contribution is -0.384. The summed E-state index contributed by atoms with van der Waals surface area (Å²) in [6.07, 6.45) is 6.27. The van der Waals surface area contributed by atoms with Gasteiger partial charge in [0.1, 0.15) is 5.02 Å². The number of benzene rings is 1. The van der Waals surface area contributed by atoms with E-state index in [9.17, 15) is 14.9 Å². The molecule has 0 aliphatic carbocycles. The van der Waals surface area contributed by atoms with Crippen LogP contribution in [0.1, 0.15) is 29.7 Å². The normalized spacial score (nSPS) is 20.8. The number of nitro benzene ring substituents is 1. The van der Waals surface area contributed by atoms with Crippen molar-refractivity contribution in [1.82, 2.24) is 14.5 Å². The summed E-state index contributed by atoms with van der Waals surface area (Å²) in [4.78, 5) is 28.8. The molecule has 7 nitrogen and oxygen atoms in total. The molecule has 1 aromatic carbocycles. The zero-order valence-electron chi connectivity index (χ0n) is 13.1. The number of hydrogen-bond acceptors (Lipinski definition) is 4. The van der Waals surface area contributed by atoms with Crippen molar-refractivity contribution in [2.24, 2.45) is 5.92 Å². The Labute approximate surface area is 144 Å². The van der Waals surface area contributed by atoms with Gasteiger partial charge in [-0.2, -0.15) is 0 Å². The number of rotatable bonds is 3. The topological polar surface area (TPSA) is 81.3 Å². The third-order valence-corrected chi connectivity index (χ3v) is 4.81. The number of nitrogens with zero attached hydrogens (tertiary/aromatic N) is 4. The zero-order chi connectivity index (χ0) is 17.3. The molecule has 3 rings (SSSR count). The number of hydrogen-bond donors (Lipinski definition) is 0. The lowest BCUT2D eigenvalue weighted by Gasteiger charge is -2.37. The number of carbonyl (C=O) groups is 1. The molecule has 0 spiro atoms. The Morgan fingerprint density at radius 2 is 2.25 bits per heavy atom. The van der Waals surface area contributed by atoms with Crippen LogP contribution in [0.4, 0.5) is 5.69 Å². The maximum atomic E-state index is 12.7. The molecule has 2 atom stereocenters. The number of halogens is 1. The van der Waals surface area contributed by atoms with E-state index in [1.54, 1.807) is 17.4 Å². The zero-order valence-corrected chi connectivity index (χ0v) is 13.9. The minimum absolute atomic E-state index is 0.0256. The second kappa shape index (κ2) is 6.60. The third-order valence-electron chi connectivity index (χ3n) is 4.51. The molecule has 0 radical (unpaired) electrons. The third kappa shape index (κ3) is 3.12. The monoisotopic (exact) mass is 348 g/mol. The lowest BCUT2D eigenvalue weighted by Crippen LogP contribution is -2.43. The molecule has 0 N–H and O–H groups in total. The summed E-state index contributed by atoms with van der Waals surface area (Å²) < 4.78 is 2.02.